The lowest BCUT2D eigenvalue weighted by Gasteiger charge is -2.24. The number of nitrogens with one attached hydrogen (secondary N) is 1. The van der Waals surface area contributed by atoms with Crippen LogP contribution in [0.3, 0.4) is 0 Å². The fourth-order valence-electron chi connectivity index (χ4n) is 3.46. The lowest BCUT2D eigenvalue weighted by atomic mass is 10.1. The molecule has 1 N–H and O–H groups in total. The molecule has 1 aliphatic rings. The summed E-state index contributed by atoms with van der Waals surface area (Å²) < 4.78 is 38.6. The van der Waals surface area contributed by atoms with Crippen molar-refractivity contribution in [3.63, 3.8) is 0 Å². The maximum Gasteiger partial charge on any atom is 0.416 e. The molecule has 2 amide bonds. The van der Waals surface area contributed by atoms with E-state index in [-0.39, 0.29) is 17.0 Å². The second-order valence-corrected chi connectivity index (χ2v) is 8.39. The highest BCUT2D eigenvalue weighted by molar-refractivity contribution is 8.00. The van der Waals surface area contributed by atoms with Crippen molar-refractivity contribution in [2.75, 3.05) is 11.1 Å². The molecule has 164 valence electrons. The first kappa shape index (κ1) is 22.0. The zero-order valence-corrected chi connectivity index (χ0v) is 17.6. The first-order valence-electron chi connectivity index (χ1n) is 9.85. The molecule has 0 saturated carbocycles. The van der Waals surface area contributed by atoms with Gasteiger partial charge in [-0.1, -0.05) is 48.5 Å². The van der Waals surface area contributed by atoms with E-state index in [9.17, 15) is 22.8 Å². The van der Waals surface area contributed by atoms with Crippen molar-refractivity contribution in [3.8, 4) is 0 Å². The Bertz CT molecular complexity index is 1120. The van der Waals surface area contributed by atoms with E-state index in [1.807, 2.05) is 30.3 Å². The maximum atomic E-state index is 12.9. The van der Waals surface area contributed by atoms with Crippen molar-refractivity contribution < 1.29 is 22.8 Å². The Balaban J connectivity index is 1.46. The number of anilines is 1. The summed E-state index contributed by atoms with van der Waals surface area (Å²) >= 11 is 1.52. The summed E-state index contributed by atoms with van der Waals surface area (Å²) in [6, 6.07) is 21.0. The predicted octanol–water partition coefficient (Wildman–Crippen LogP) is 5.73. The molecule has 0 spiro atoms. The molecule has 1 saturated heterocycles. The molecule has 8 heteroatoms. The third-order valence-corrected chi connectivity index (χ3v) is 6.33. The number of hydrogen-bond acceptors (Lipinski definition) is 3. The summed E-state index contributed by atoms with van der Waals surface area (Å²) in [6.45, 7) is 0.495. The second-order valence-electron chi connectivity index (χ2n) is 7.33. The van der Waals surface area contributed by atoms with Crippen LogP contribution >= 0.6 is 11.8 Å². The number of alkyl halides is 3. The minimum absolute atomic E-state index is 0.0511. The van der Waals surface area contributed by atoms with E-state index < -0.39 is 17.6 Å². The van der Waals surface area contributed by atoms with Crippen molar-refractivity contribution in [3.05, 3.63) is 101 Å². The number of hydrogen-bond donors (Lipinski definition) is 1. The van der Waals surface area contributed by atoms with Gasteiger partial charge in [-0.3, -0.25) is 9.59 Å². The first-order valence-corrected chi connectivity index (χ1v) is 10.9. The van der Waals surface area contributed by atoms with Gasteiger partial charge in [0.2, 0.25) is 5.91 Å². The largest absolute Gasteiger partial charge is 0.416 e. The Labute approximate surface area is 187 Å². The van der Waals surface area contributed by atoms with Crippen molar-refractivity contribution >= 4 is 29.3 Å². The summed E-state index contributed by atoms with van der Waals surface area (Å²) in [4.78, 5) is 26.7. The van der Waals surface area contributed by atoms with Crippen LogP contribution in [0.15, 0.2) is 78.9 Å². The van der Waals surface area contributed by atoms with Gasteiger partial charge in [0.1, 0.15) is 5.37 Å². The number of amides is 2. The Hall–Kier alpha value is -3.26. The maximum absolute atomic E-state index is 12.9. The van der Waals surface area contributed by atoms with Crippen LogP contribution in [0, 0.1) is 0 Å². The van der Waals surface area contributed by atoms with E-state index in [0.717, 1.165) is 23.3 Å². The lowest BCUT2D eigenvalue weighted by molar-refractivity contribution is -0.137. The average Bonchev–Trinajstić information content (AvgIpc) is 3.14. The molecule has 1 aliphatic heterocycles. The monoisotopic (exact) mass is 456 g/mol. The fraction of sp³-hybridized carbons (Fsp3) is 0.167. The quantitative estimate of drug-likeness (QED) is 0.533. The second kappa shape index (κ2) is 9.08. The zero-order chi connectivity index (χ0) is 22.7. The standard InChI is InChI=1S/C24H19F3N2O2S/c25-24(26,27)19-7-4-8-20(13-19)28-22(31)17-9-11-18(12-10-17)23-29(21(30)15-32-23)14-16-5-2-1-3-6-16/h1-13,23H,14-15H2,(H,28,31)/t23-/m1/s1. The van der Waals surface area contributed by atoms with Gasteiger partial charge in [0, 0.05) is 17.8 Å². The minimum Gasteiger partial charge on any atom is -0.322 e. The highest BCUT2D eigenvalue weighted by atomic mass is 32.2. The highest BCUT2D eigenvalue weighted by Crippen LogP contribution is 2.39. The fourth-order valence-corrected chi connectivity index (χ4v) is 4.64. The molecule has 1 atom stereocenters. The molecule has 0 bridgehead atoms. The van der Waals surface area contributed by atoms with Gasteiger partial charge in [-0.05, 0) is 41.5 Å². The lowest BCUT2D eigenvalue weighted by Crippen LogP contribution is -2.27. The molecule has 1 fully saturated rings. The van der Waals surface area contributed by atoms with E-state index in [0.29, 0.717) is 17.9 Å². The van der Waals surface area contributed by atoms with Crippen LogP contribution in [0.1, 0.15) is 32.4 Å². The number of carbonyl (C=O) groups is 2. The van der Waals surface area contributed by atoms with Crippen LogP contribution in [0.25, 0.3) is 0 Å². The summed E-state index contributed by atoms with van der Waals surface area (Å²) in [5.41, 5.74) is 1.47. The van der Waals surface area contributed by atoms with Crippen LogP contribution in [0.2, 0.25) is 0 Å². The summed E-state index contributed by atoms with van der Waals surface area (Å²) in [5.74, 6) is -0.0719. The van der Waals surface area contributed by atoms with Crippen LogP contribution in [0.4, 0.5) is 18.9 Å². The van der Waals surface area contributed by atoms with Crippen molar-refractivity contribution in [2.24, 2.45) is 0 Å². The van der Waals surface area contributed by atoms with E-state index in [1.54, 1.807) is 29.2 Å². The Morgan fingerprint density at radius 1 is 1.00 bits per heavy atom. The molecule has 32 heavy (non-hydrogen) atoms. The summed E-state index contributed by atoms with van der Waals surface area (Å²) in [5, 5.41) is 2.34. The molecule has 3 aromatic rings. The van der Waals surface area contributed by atoms with Crippen LogP contribution in [-0.2, 0) is 17.5 Å². The highest BCUT2D eigenvalue weighted by Gasteiger charge is 2.33. The Kier molecular flexibility index (Phi) is 6.23. The molecular weight excluding hydrogens is 437 g/mol. The number of thioether (sulfide) groups is 1. The molecule has 4 nitrogen and oxygen atoms in total. The van der Waals surface area contributed by atoms with E-state index in [4.69, 9.17) is 0 Å². The SMILES string of the molecule is O=C(Nc1cccc(C(F)(F)F)c1)c1ccc([C@H]2SCC(=O)N2Cc2ccccc2)cc1. The topological polar surface area (TPSA) is 49.4 Å². The van der Waals surface area contributed by atoms with E-state index in [2.05, 4.69) is 5.32 Å². The Morgan fingerprint density at radius 3 is 2.41 bits per heavy atom. The van der Waals surface area contributed by atoms with Crippen molar-refractivity contribution in [1.82, 2.24) is 4.90 Å². The molecule has 1 heterocycles. The average molecular weight is 456 g/mol. The number of nitrogens with zero attached hydrogens (tertiary/aromatic N) is 1. The smallest absolute Gasteiger partial charge is 0.322 e. The van der Waals surface area contributed by atoms with Gasteiger partial charge in [-0.2, -0.15) is 13.2 Å². The van der Waals surface area contributed by atoms with Gasteiger partial charge in [-0.15, -0.1) is 11.8 Å². The molecule has 0 unspecified atom stereocenters. The molecule has 4 rings (SSSR count). The van der Waals surface area contributed by atoms with Gasteiger partial charge in [0.25, 0.3) is 5.91 Å². The van der Waals surface area contributed by atoms with Crippen LogP contribution in [0.5, 0.6) is 0 Å². The molecule has 0 radical (unpaired) electrons. The number of benzene rings is 3. The van der Waals surface area contributed by atoms with Gasteiger partial charge in [-0.25, -0.2) is 0 Å². The van der Waals surface area contributed by atoms with Crippen LogP contribution in [-0.4, -0.2) is 22.5 Å². The summed E-state index contributed by atoms with van der Waals surface area (Å²) in [6.07, 6.45) is -4.48. The van der Waals surface area contributed by atoms with Gasteiger partial charge >= 0.3 is 6.18 Å². The number of carbonyl (C=O) groups excluding carboxylic acids is 2. The van der Waals surface area contributed by atoms with Crippen molar-refractivity contribution in [2.45, 2.75) is 18.1 Å². The molecule has 0 aliphatic carbocycles. The first-order chi connectivity index (χ1) is 15.3. The van der Waals surface area contributed by atoms with Crippen LogP contribution < -0.4 is 5.32 Å². The third kappa shape index (κ3) is 4.96. The summed E-state index contributed by atoms with van der Waals surface area (Å²) in [7, 11) is 0. The Morgan fingerprint density at radius 2 is 1.72 bits per heavy atom. The third-order valence-electron chi connectivity index (χ3n) is 5.07. The van der Waals surface area contributed by atoms with Gasteiger partial charge < -0.3 is 10.2 Å². The zero-order valence-electron chi connectivity index (χ0n) is 16.8. The molecule has 0 aromatic heterocycles. The normalized spacial score (nSPS) is 16.3. The van der Waals surface area contributed by atoms with Gasteiger partial charge in [0.05, 0.1) is 11.3 Å². The van der Waals surface area contributed by atoms with Crippen molar-refractivity contribution in [1.29, 1.82) is 0 Å². The predicted molar refractivity (Wildman–Crippen MR) is 118 cm³/mol. The molecule has 3 aromatic carbocycles. The number of halogens is 3. The van der Waals surface area contributed by atoms with E-state index >= 15 is 0 Å². The van der Waals surface area contributed by atoms with Gasteiger partial charge in [0.15, 0.2) is 0 Å². The molecular formula is C24H19F3N2O2S. The minimum atomic E-state index is -4.48. The van der Waals surface area contributed by atoms with E-state index in [1.165, 1.54) is 23.9 Å². The number of rotatable bonds is 5.